The van der Waals surface area contributed by atoms with Crippen molar-refractivity contribution in [2.24, 2.45) is 0 Å². The second-order valence-electron chi connectivity index (χ2n) is 4.89. The molecule has 0 aliphatic rings. The Morgan fingerprint density at radius 1 is 1.26 bits per heavy atom. The summed E-state index contributed by atoms with van der Waals surface area (Å²) in [5.41, 5.74) is 3.79. The molecule has 0 fully saturated rings. The zero-order valence-corrected chi connectivity index (χ0v) is 14.0. The summed E-state index contributed by atoms with van der Waals surface area (Å²) in [6.45, 7) is 4.37. The summed E-state index contributed by atoms with van der Waals surface area (Å²) in [5, 5.41) is 0. The van der Waals surface area contributed by atoms with Gasteiger partial charge in [-0.3, -0.25) is 4.98 Å². The molecule has 0 saturated carbocycles. The van der Waals surface area contributed by atoms with E-state index in [2.05, 4.69) is 46.9 Å². The zero-order chi connectivity index (χ0) is 13.7. The molecule has 0 radical (unpaired) electrons. The van der Waals surface area contributed by atoms with E-state index in [4.69, 9.17) is 0 Å². The molecule has 0 aliphatic carbocycles. The van der Waals surface area contributed by atoms with Crippen molar-refractivity contribution in [3.8, 4) is 10.6 Å². The Morgan fingerprint density at radius 3 is 2.84 bits per heavy atom. The maximum absolute atomic E-state index is 4.50. The first-order chi connectivity index (χ1) is 9.22. The minimum absolute atomic E-state index is 1.12. The second-order valence-corrected chi connectivity index (χ2v) is 7.26. The zero-order valence-electron chi connectivity index (χ0n) is 11.6. The van der Waals surface area contributed by atoms with Gasteiger partial charge in [0.1, 0.15) is 0 Å². The molecule has 0 amide bonds. The fraction of sp³-hybridized carbons (Fsp3) is 0.438. The lowest BCUT2D eigenvalue weighted by Crippen LogP contribution is -1.85. The number of pyridine rings is 1. The quantitative estimate of drug-likeness (QED) is 0.588. The molecule has 19 heavy (non-hydrogen) atoms. The maximum atomic E-state index is 4.50. The number of aryl methyl sites for hydroxylation is 2. The van der Waals surface area contributed by atoms with Crippen molar-refractivity contribution in [3.05, 3.63) is 39.3 Å². The predicted molar refractivity (Wildman–Crippen MR) is 87.8 cm³/mol. The molecule has 0 saturated heterocycles. The minimum atomic E-state index is 1.12. The van der Waals surface area contributed by atoms with E-state index in [-0.39, 0.29) is 0 Å². The number of rotatable bonds is 6. The molecule has 0 N–H and O–H groups in total. The van der Waals surface area contributed by atoms with Gasteiger partial charge in [0.05, 0.1) is 14.4 Å². The molecule has 0 aliphatic heterocycles. The van der Waals surface area contributed by atoms with Crippen LogP contribution in [0.1, 0.15) is 43.7 Å². The molecular weight excluding hydrogens is 318 g/mol. The molecule has 0 bridgehead atoms. The number of unbranched alkanes of at least 4 members (excludes halogenated alkanes) is 3. The topological polar surface area (TPSA) is 12.9 Å². The van der Waals surface area contributed by atoms with Crippen molar-refractivity contribution in [1.29, 1.82) is 0 Å². The van der Waals surface area contributed by atoms with Crippen molar-refractivity contribution < 1.29 is 0 Å². The first-order valence-electron chi connectivity index (χ1n) is 6.92. The minimum Gasteiger partial charge on any atom is -0.255 e. The van der Waals surface area contributed by atoms with Gasteiger partial charge >= 0.3 is 0 Å². The molecule has 0 atom stereocenters. The highest BCUT2D eigenvalue weighted by Gasteiger charge is 2.10. The normalized spacial score (nSPS) is 10.9. The summed E-state index contributed by atoms with van der Waals surface area (Å²) in [6, 6.07) is 6.42. The first-order valence-corrected chi connectivity index (χ1v) is 8.53. The molecule has 0 spiro atoms. The van der Waals surface area contributed by atoms with E-state index < -0.39 is 0 Å². The third-order valence-corrected chi connectivity index (χ3v) is 5.27. The van der Waals surface area contributed by atoms with E-state index in [9.17, 15) is 0 Å². The molecule has 2 aromatic heterocycles. The molecule has 3 heteroatoms. The van der Waals surface area contributed by atoms with Gasteiger partial charge in [-0.1, -0.05) is 32.3 Å². The average molecular weight is 338 g/mol. The molecule has 2 aromatic rings. The Labute approximate surface area is 128 Å². The van der Waals surface area contributed by atoms with Crippen LogP contribution < -0.4 is 0 Å². The smallest absolute Gasteiger partial charge is 0.0831 e. The van der Waals surface area contributed by atoms with Crippen LogP contribution >= 0.6 is 27.3 Å². The fourth-order valence-electron chi connectivity index (χ4n) is 2.18. The highest BCUT2D eigenvalue weighted by Crippen LogP contribution is 2.36. The van der Waals surface area contributed by atoms with Crippen LogP contribution in [0.5, 0.6) is 0 Å². The van der Waals surface area contributed by atoms with Crippen LogP contribution in [0.4, 0.5) is 0 Å². The summed E-state index contributed by atoms with van der Waals surface area (Å²) in [4.78, 5) is 5.78. The number of thiophene rings is 1. The number of hydrogen-bond donors (Lipinski definition) is 0. The number of aromatic nitrogens is 1. The van der Waals surface area contributed by atoms with Crippen molar-refractivity contribution in [1.82, 2.24) is 4.98 Å². The molecule has 1 nitrogen and oxygen atoms in total. The van der Waals surface area contributed by atoms with Crippen LogP contribution in [0.25, 0.3) is 10.6 Å². The average Bonchev–Trinajstić information content (AvgIpc) is 2.77. The van der Waals surface area contributed by atoms with Gasteiger partial charge in [0.2, 0.25) is 0 Å². The summed E-state index contributed by atoms with van der Waals surface area (Å²) in [5.74, 6) is 0. The monoisotopic (exact) mass is 337 g/mol. The van der Waals surface area contributed by atoms with E-state index in [1.807, 2.05) is 12.3 Å². The number of hydrogen-bond acceptors (Lipinski definition) is 2. The van der Waals surface area contributed by atoms with Crippen LogP contribution in [0, 0.1) is 6.92 Å². The van der Waals surface area contributed by atoms with Gasteiger partial charge in [-0.2, -0.15) is 0 Å². The maximum Gasteiger partial charge on any atom is 0.0831 e. The van der Waals surface area contributed by atoms with Crippen molar-refractivity contribution in [2.75, 3.05) is 0 Å². The summed E-state index contributed by atoms with van der Waals surface area (Å²) < 4.78 is 1.27. The molecule has 0 aromatic carbocycles. The van der Waals surface area contributed by atoms with Crippen LogP contribution in [-0.4, -0.2) is 4.98 Å². The van der Waals surface area contributed by atoms with Gasteiger partial charge < -0.3 is 0 Å². The highest BCUT2D eigenvalue weighted by atomic mass is 79.9. The van der Waals surface area contributed by atoms with Crippen molar-refractivity contribution in [3.63, 3.8) is 0 Å². The third kappa shape index (κ3) is 3.90. The Bertz CT molecular complexity index is 533. The molecule has 102 valence electrons. The Hall–Kier alpha value is -0.670. The first kappa shape index (κ1) is 14.7. The summed E-state index contributed by atoms with van der Waals surface area (Å²) in [6.07, 6.45) is 8.29. The van der Waals surface area contributed by atoms with E-state index in [0.717, 1.165) is 5.69 Å². The van der Waals surface area contributed by atoms with Gasteiger partial charge in [0, 0.05) is 6.20 Å². The SMILES string of the molecule is CCCCCCc1cc(-c2ncccc2C)sc1Br. The van der Waals surface area contributed by atoms with Gasteiger partial charge in [0.25, 0.3) is 0 Å². The fourth-order valence-corrected chi connectivity index (χ4v) is 4.01. The van der Waals surface area contributed by atoms with Crippen LogP contribution in [0.15, 0.2) is 28.2 Å². The largest absolute Gasteiger partial charge is 0.255 e. The van der Waals surface area contributed by atoms with Crippen LogP contribution in [0.2, 0.25) is 0 Å². The number of nitrogens with zero attached hydrogens (tertiary/aromatic N) is 1. The lowest BCUT2D eigenvalue weighted by atomic mass is 10.1. The van der Waals surface area contributed by atoms with Crippen molar-refractivity contribution in [2.45, 2.75) is 46.0 Å². The van der Waals surface area contributed by atoms with Gasteiger partial charge in [-0.15, -0.1) is 11.3 Å². The third-order valence-electron chi connectivity index (χ3n) is 3.30. The molecular formula is C16H20BrNS. The Morgan fingerprint density at radius 2 is 2.11 bits per heavy atom. The number of halogens is 1. The van der Waals surface area contributed by atoms with Crippen LogP contribution in [0.3, 0.4) is 0 Å². The van der Waals surface area contributed by atoms with E-state index in [1.165, 1.54) is 51.9 Å². The molecule has 0 unspecified atom stereocenters. The van der Waals surface area contributed by atoms with Crippen molar-refractivity contribution >= 4 is 27.3 Å². The van der Waals surface area contributed by atoms with Gasteiger partial charge in [0.15, 0.2) is 0 Å². The lowest BCUT2D eigenvalue weighted by Gasteiger charge is -2.00. The van der Waals surface area contributed by atoms with Gasteiger partial charge in [-0.05, 0) is 59.0 Å². The summed E-state index contributed by atoms with van der Waals surface area (Å²) in [7, 11) is 0. The van der Waals surface area contributed by atoms with Gasteiger partial charge in [-0.25, -0.2) is 0 Å². The van der Waals surface area contributed by atoms with E-state index in [1.54, 1.807) is 11.3 Å². The summed E-state index contributed by atoms with van der Waals surface area (Å²) >= 11 is 5.50. The molecule has 2 heterocycles. The highest BCUT2D eigenvalue weighted by molar-refractivity contribution is 9.11. The standard InChI is InChI=1S/C16H20BrNS/c1-3-4-5-6-9-13-11-14(19-16(13)17)15-12(2)8-7-10-18-15/h7-8,10-11H,3-6,9H2,1-2H3. The predicted octanol–water partition coefficient (Wildman–Crippen LogP) is 6.00. The second kappa shape index (κ2) is 7.20. The van der Waals surface area contributed by atoms with Crippen LogP contribution in [-0.2, 0) is 6.42 Å². The lowest BCUT2D eigenvalue weighted by molar-refractivity contribution is 0.667. The van der Waals surface area contributed by atoms with E-state index >= 15 is 0 Å². The Balaban J connectivity index is 2.10. The Kier molecular flexibility index (Phi) is 5.59. The van der Waals surface area contributed by atoms with E-state index in [0.29, 0.717) is 0 Å². The molecule has 2 rings (SSSR count).